The largest absolute Gasteiger partial charge is 0.480 e. The average molecular weight is 257 g/mol. The van der Waals surface area contributed by atoms with Crippen molar-refractivity contribution in [1.82, 2.24) is 9.78 Å². The van der Waals surface area contributed by atoms with E-state index in [0.717, 1.165) is 10.9 Å². The molecule has 0 aliphatic rings. The first-order valence-corrected chi connectivity index (χ1v) is 5.02. The first-order chi connectivity index (χ1) is 8.38. The van der Waals surface area contributed by atoms with Crippen LogP contribution in [0.5, 0.6) is 0 Å². The molecule has 0 amide bonds. The van der Waals surface area contributed by atoms with Crippen LogP contribution in [0.3, 0.4) is 0 Å². The number of hydrogen-bond acceptors (Lipinski definition) is 6. The number of nitro groups is 1. The minimum atomic E-state index is -1.22. The van der Waals surface area contributed by atoms with Gasteiger partial charge in [-0.1, -0.05) is 0 Å². The first-order valence-electron chi connectivity index (χ1n) is 5.02. The third kappa shape index (κ3) is 2.62. The number of aromatic nitrogens is 2. The van der Waals surface area contributed by atoms with E-state index in [-0.39, 0.29) is 12.2 Å². The van der Waals surface area contributed by atoms with Gasteiger partial charge in [-0.05, 0) is 18.8 Å². The van der Waals surface area contributed by atoms with E-state index in [4.69, 9.17) is 5.11 Å². The Morgan fingerprint density at radius 2 is 2.28 bits per heavy atom. The Morgan fingerprint density at radius 3 is 2.72 bits per heavy atom. The van der Waals surface area contributed by atoms with Crippen LogP contribution in [-0.2, 0) is 9.53 Å². The molecule has 1 heterocycles. The highest BCUT2D eigenvalue weighted by Crippen LogP contribution is 2.19. The van der Waals surface area contributed by atoms with Crippen molar-refractivity contribution in [2.24, 2.45) is 0 Å². The van der Waals surface area contributed by atoms with Gasteiger partial charge < -0.3 is 20.0 Å². The number of rotatable bonds is 5. The van der Waals surface area contributed by atoms with Crippen LogP contribution in [0.4, 0.5) is 5.82 Å². The highest BCUT2D eigenvalue weighted by molar-refractivity contribution is 5.93. The molecule has 1 rings (SSSR count). The van der Waals surface area contributed by atoms with Crippen molar-refractivity contribution in [2.45, 2.75) is 19.9 Å². The lowest BCUT2D eigenvalue weighted by atomic mass is 10.3. The van der Waals surface area contributed by atoms with Crippen molar-refractivity contribution in [1.29, 1.82) is 0 Å². The molecular formula is C9H11N3O6. The van der Waals surface area contributed by atoms with Crippen molar-refractivity contribution in [3.05, 3.63) is 21.9 Å². The van der Waals surface area contributed by atoms with Crippen molar-refractivity contribution in [2.75, 3.05) is 6.61 Å². The Morgan fingerprint density at radius 1 is 1.67 bits per heavy atom. The summed E-state index contributed by atoms with van der Waals surface area (Å²) in [6.45, 7) is 2.89. The number of aliphatic carboxylic acids is 1. The van der Waals surface area contributed by atoms with Gasteiger partial charge in [0.15, 0.2) is 11.6 Å². The first kappa shape index (κ1) is 13.6. The molecule has 0 saturated carbocycles. The smallest absolute Gasteiger partial charge is 0.404 e. The van der Waals surface area contributed by atoms with E-state index in [1.165, 1.54) is 6.92 Å². The Bertz CT molecular complexity index is 494. The maximum Gasteiger partial charge on any atom is 0.404 e. The van der Waals surface area contributed by atoms with Crippen LogP contribution in [0.1, 0.15) is 30.2 Å². The molecule has 1 aromatic heterocycles. The van der Waals surface area contributed by atoms with Gasteiger partial charge in [-0.2, -0.15) is 4.68 Å². The number of carbonyl (C=O) groups is 2. The van der Waals surface area contributed by atoms with Crippen LogP contribution >= 0.6 is 0 Å². The summed E-state index contributed by atoms with van der Waals surface area (Å²) < 4.78 is 5.47. The zero-order chi connectivity index (χ0) is 13.9. The summed E-state index contributed by atoms with van der Waals surface area (Å²) >= 11 is 0. The van der Waals surface area contributed by atoms with Crippen molar-refractivity contribution < 1.29 is 24.4 Å². The van der Waals surface area contributed by atoms with Crippen LogP contribution in [0.15, 0.2) is 6.20 Å². The number of carbonyl (C=O) groups excluding carboxylic acids is 1. The van der Waals surface area contributed by atoms with Gasteiger partial charge in [-0.25, -0.2) is 9.59 Å². The summed E-state index contributed by atoms with van der Waals surface area (Å²) in [6, 6.07) is -1.12. The third-order valence-electron chi connectivity index (χ3n) is 2.13. The molecule has 0 aliphatic heterocycles. The number of ether oxygens (including phenoxy) is 1. The van der Waals surface area contributed by atoms with E-state index < -0.39 is 28.7 Å². The minimum Gasteiger partial charge on any atom is -0.480 e. The molecule has 9 nitrogen and oxygen atoms in total. The lowest BCUT2D eigenvalue weighted by molar-refractivity contribution is -0.390. The van der Waals surface area contributed by atoms with Crippen molar-refractivity contribution in [3.63, 3.8) is 0 Å². The van der Waals surface area contributed by atoms with Gasteiger partial charge in [0.2, 0.25) is 0 Å². The lowest BCUT2D eigenvalue weighted by Gasteiger charge is -2.00. The van der Waals surface area contributed by atoms with Crippen LogP contribution < -0.4 is 0 Å². The van der Waals surface area contributed by atoms with Gasteiger partial charge in [-0.3, -0.25) is 0 Å². The number of carboxylic acids is 1. The molecule has 18 heavy (non-hydrogen) atoms. The molecular weight excluding hydrogens is 246 g/mol. The quantitative estimate of drug-likeness (QED) is 0.465. The highest BCUT2D eigenvalue weighted by Gasteiger charge is 2.30. The van der Waals surface area contributed by atoms with E-state index in [9.17, 15) is 19.7 Å². The van der Waals surface area contributed by atoms with Crippen LogP contribution in [0.2, 0.25) is 0 Å². The Kier molecular flexibility index (Phi) is 3.97. The predicted octanol–water partition coefficient (Wildman–Crippen LogP) is 0.614. The van der Waals surface area contributed by atoms with E-state index in [0.29, 0.717) is 0 Å². The SMILES string of the molecule is CCOC(=O)c1cn([C@H](C)C(=O)O)nc1[N+](=O)[O-]. The predicted molar refractivity (Wildman–Crippen MR) is 57.2 cm³/mol. The fourth-order valence-corrected chi connectivity index (χ4v) is 1.18. The molecule has 9 heteroatoms. The fraction of sp³-hybridized carbons (Fsp3) is 0.444. The Hall–Kier alpha value is -2.45. The number of esters is 1. The lowest BCUT2D eigenvalue weighted by Crippen LogP contribution is -2.16. The van der Waals surface area contributed by atoms with Gasteiger partial charge in [0.25, 0.3) is 0 Å². The monoisotopic (exact) mass is 257 g/mol. The maximum atomic E-state index is 11.4. The standard InChI is InChI=1S/C9H11N3O6/c1-3-18-9(15)6-4-11(5(2)8(13)14)10-7(6)12(16)17/h4-5H,3H2,1-2H3,(H,13,14)/t5-/m1/s1. The van der Waals surface area contributed by atoms with Gasteiger partial charge in [0.05, 0.1) is 17.9 Å². The fourth-order valence-electron chi connectivity index (χ4n) is 1.18. The maximum absolute atomic E-state index is 11.4. The van der Waals surface area contributed by atoms with Crippen LogP contribution in [-0.4, -0.2) is 38.4 Å². The third-order valence-corrected chi connectivity index (χ3v) is 2.13. The molecule has 0 fully saturated rings. The summed E-state index contributed by atoms with van der Waals surface area (Å²) in [5.74, 6) is -2.85. The van der Waals surface area contributed by atoms with E-state index in [2.05, 4.69) is 9.84 Å². The van der Waals surface area contributed by atoms with Crippen molar-refractivity contribution >= 4 is 17.8 Å². The second-order valence-electron chi connectivity index (χ2n) is 3.34. The molecule has 1 N–H and O–H groups in total. The zero-order valence-electron chi connectivity index (χ0n) is 9.69. The second kappa shape index (κ2) is 5.25. The second-order valence-corrected chi connectivity index (χ2v) is 3.34. The van der Waals surface area contributed by atoms with E-state index in [1.54, 1.807) is 6.92 Å². The molecule has 98 valence electrons. The minimum absolute atomic E-state index is 0.0512. The molecule has 0 aliphatic carbocycles. The van der Waals surface area contributed by atoms with E-state index >= 15 is 0 Å². The molecule has 1 atom stereocenters. The topological polar surface area (TPSA) is 125 Å². The summed E-state index contributed by atoms with van der Waals surface area (Å²) in [7, 11) is 0. The Labute approximate surface area is 101 Å². The highest BCUT2D eigenvalue weighted by atomic mass is 16.6. The molecule has 0 radical (unpaired) electrons. The van der Waals surface area contributed by atoms with Gasteiger partial charge in [-0.15, -0.1) is 0 Å². The van der Waals surface area contributed by atoms with Crippen molar-refractivity contribution in [3.8, 4) is 0 Å². The van der Waals surface area contributed by atoms with Gasteiger partial charge in [0, 0.05) is 0 Å². The molecule has 0 aromatic carbocycles. The summed E-state index contributed by atoms with van der Waals surface area (Å²) in [5.41, 5.74) is -0.366. The molecule has 0 saturated heterocycles. The number of hydrogen-bond donors (Lipinski definition) is 1. The van der Waals surface area contributed by atoms with Crippen LogP contribution in [0, 0.1) is 10.1 Å². The molecule has 1 aromatic rings. The molecule has 0 bridgehead atoms. The molecule has 0 spiro atoms. The average Bonchev–Trinajstić information content (AvgIpc) is 2.72. The number of nitrogens with zero attached hydrogens (tertiary/aromatic N) is 3. The normalized spacial score (nSPS) is 11.9. The summed E-state index contributed by atoms with van der Waals surface area (Å²) in [6.07, 6.45) is 0.995. The van der Waals surface area contributed by atoms with E-state index in [1.807, 2.05) is 0 Å². The van der Waals surface area contributed by atoms with Crippen LogP contribution in [0.25, 0.3) is 0 Å². The Balaban J connectivity index is 3.20. The zero-order valence-corrected chi connectivity index (χ0v) is 9.69. The summed E-state index contributed by atoms with van der Waals surface area (Å²) in [5, 5.41) is 23.0. The number of carboxylic acid groups (broad SMARTS) is 1. The summed E-state index contributed by atoms with van der Waals surface area (Å²) in [4.78, 5) is 32.0. The van der Waals surface area contributed by atoms with Gasteiger partial charge >= 0.3 is 17.8 Å². The molecule has 0 unspecified atom stereocenters. The van der Waals surface area contributed by atoms with Gasteiger partial charge in [0.1, 0.15) is 0 Å².